The van der Waals surface area contributed by atoms with E-state index in [0.29, 0.717) is 12.0 Å². The summed E-state index contributed by atoms with van der Waals surface area (Å²) < 4.78 is 13.3. The lowest BCUT2D eigenvalue weighted by molar-refractivity contribution is 0.177. The first kappa shape index (κ1) is 10.3. The van der Waals surface area contributed by atoms with Gasteiger partial charge in [-0.05, 0) is 34.0 Å². The Bertz CT molecular complexity index is 425. The summed E-state index contributed by atoms with van der Waals surface area (Å²) >= 11 is 1.53. The van der Waals surface area contributed by atoms with Crippen LogP contribution in [0.15, 0.2) is 41.1 Å². The molecule has 0 bridgehead atoms. The van der Waals surface area contributed by atoms with Gasteiger partial charge < -0.3 is 5.11 Å². The highest BCUT2D eigenvalue weighted by Gasteiger charge is 2.11. The first-order valence-electron chi connectivity index (χ1n) is 4.71. The average molecular weight is 222 g/mol. The molecule has 1 unspecified atom stereocenters. The van der Waals surface area contributed by atoms with Gasteiger partial charge in [-0.25, -0.2) is 4.39 Å². The van der Waals surface area contributed by atoms with Crippen molar-refractivity contribution in [3.8, 4) is 0 Å². The summed E-state index contributed by atoms with van der Waals surface area (Å²) in [5, 5.41) is 13.6. The first-order chi connectivity index (χ1) is 7.27. The number of halogens is 1. The molecular weight excluding hydrogens is 211 g/mol. The van der Waals surface area contributed by atoms with Crippen LogP contribution in [0.25, 0.3) is 0 Å². The van der Waals surface area contributed by atoms with Crippen LogP contribution >= 0.6 is 11.3 Å². The van der Waals surface area contributed by atoms with Gasteiger partial charge in [-0.1, -0.05) is 18.2 Å². The van der Waals surface area contributed by atoms with Gasteiger partial charge in [-0.2, -0.15) is 11.3 Å². The minimum Gasteiger partial charge on any atom is -0.388 e. The number of hydrogen-bond acceptors (Lipinski definition) is 2. The molecule has 15 heavy (non-hydrogen) atoms. The number of benzene rings is 1. The third kappa shape index (κ3) is 2.43. The van der Waals surface area contributed by atoms with Crippen LogP contribution in [0.5, 0.6) is 0 Å². The van der Waals surface area contributed by atoms with Crippen molar-refractivity contribution in [2.24, 2.45) is 0 Å². The van der Waals surface area contributed by atoms with Crippen LogP contribution in [0, 0.1) is 5.82 Å². The molecule has 0 saturated carbocycles. The summed E-state index contributed by atoms with van der Waals surface area (Å²) in [7, 11) is 0. The van der Waals surface area contributed by atoms with Crippen molar-refractivity contribution in [1.82, 2.24) is 0 Å². The van der Waals surface area contributed by atoms with Crippen LogP contribution < -0.4 is 0 Å². The van der Waals surface area contributed by atoms with Gasteiger partial charge in [0.1, 0.15) is 5.82 Å². The summed E-state index contributed by atoms with van der Waals surface area (Å²) in [6.07, 6.45) is -0.295. The zero-order valence-electron chi connectivity index (χ0n) is 8.06. The zero-order valence-corrected chi connectivity index (χ0v) is 8.88. The van der Waals surface area contributed by atoms with E-state index < -0.39 is 6.10 Å². The van der Waals surface area contributed by atoms with Gasteiger partial charge in [0.2, 0.25) is 0 Å². The first-order valence-corrected chi connectivity index (χ1v) is 5.65. The molecule has 1 N–H and O–H groups in total. The molecular formula is C12H11FOS. The minimum atomic E-state index is -0.617. The van der Waals surface area contributed by atoms with E-state index in [9.17, 15) is 9.50 Å². The number of aliphatic hydroxyl groups excluding tert-OH is 1. The lowest BCUT2D eigenvalue weighted by Gasteiger charge is -2.09. The molecule has 0 saturated heterocycles. The summed E-state index contributed by atoms with van der Waals surface area (Å²) in [4.78, 5) is 0. The number of aliphatic hydroxyl groups is 1. The molecule has 0 aliphatic heterocycles. The summed E-state index contributed by atoms with van der Waals surface area (Å²) in [5.74, 6) is -0.258. The van der Waals surface area contributed by atoms with E-state index in [1.165, 1.54) is 17.4 Å². The number of rotatable bonds is 3. The van der Waals surface area contributed by atoms with E-state index >= 15 is 0 Å². The Morgan fingerprint density at radius 3 is 2.73 bits per heavy atom. The molecule has 2 rings (SSSR count). The Morgan fingerprint density at radius 1 is 1.27 bits per heavy atom. The second kappa shape index (κ2) is 4.55. The van der Waals surface area contributed by atoms with Gasteiger partial charge in [0, 0.05) is 6.42 Å². The Morgan fingerprint density at radius 2 is 2.07 bits per heavy atom. The van der Waals surface area contributed by atoms with Gasteiger partial charge in [-0.15, -0.1) is 0 Å². The molecule has 78 valence electrons. The maximum Gasteiger partial charge on any atom is 0.126 e. The van der Waals surface area contributed by atoms with Crippen LogP contribution in [-0.2, 0) is 6.42 Å². The summed E-state index contributed by atoms with van der Waals surface area (Å²) in [6, 6.07) is 8.39. The molecule has 2 aromatic rings. The molecule has 0 radical (unpaired) electrons. The lowest BCUT2D eigenvalue weighted by atomic mass is 10.0. The second-order valence-electron chi connectivity index (χ2n) is 3.37. The van der Waals surface area contributed by atoms with Gasteiger partial charge >= 0.3 is 0 Å². The number of hydrogen-bond donors (Lipinski definition) is 1. The fraction of sp³-hybridized carbons (Fsp3) is 0.167. The van der Waals surface area contributed by atoms with Crippen molar-refractivity contribution < 1.29 is 9.50 Å². The van der Waals surface area contributed by atoms with Crippen LogP contribution in [0.4, 0.5) is 4.39 Å². The van der Waals surface area contributed by atoms with Gasteiger partial charge in [-0.3, -0.25) is 0 Å². The maximum absolute atomic E-state index is 13.3. The van der Waals surface area contributed by atoms with Crippen molar-refractivity contribution in [2.75, 3.05) is 0 Å². The summed E-state index contributed by atoms with van der Waals surface area (Å²) in [6.45, 7) is 0. The minimum absolute atomic E-state index is 0.258. The van der Waals surface area contributed by atoms with Crippen molar-refractivity contribution in [1.29, 1.82) is 0 Å². The van der Waals surface area contributed by atoms with E-state index in [1.807, 2.05) is 16.8 Å². The van der Waals surface area contributed by atoms with Gasteiger partial charge in [0.25, 0.3) is 0 Å². The molecule has 1 aromatic carbocycles. The largest absolute Gasteiger partial charge is 0.388 e. The predicted octanol–water partition coefficient (Wildman–Crippen LogP) is 3.16. The molecule has 1 aromatic heterocycles. The average Bonchev–Trinajstić information content (AvgIpc) is 2.74. The van der Waals surface area contributed by atoms with Crippen molar-refractivity contribution >= 4 is 11.3 Å². The molecule has 0 amide bonds. The Hall–Kier alpha value is -1.19. The zero-order chi connectivity index (χ0) is 10.7. The normalized spacial score (nSPS) is 12.7. The maximum atomic E-state index is 13.3. The molecule has 3 heteroatoms. The standard InChI is InChI=1S/C12H11FOS/c13-11-4-2-1-3-9(11)7-12(14)10-5-6-15-8-10/h1-6,8,12,14H,7H2. The molecule has 1 atom stereocenters. The molecule has 0 aliphatic carbocycles. The van der Waals surface area contributed by atoms with E-state index in [4.69, 9.17) is 0 Å². The van der Waals surface area contributed by atoms with Crippen molar-refractivity contribution in [2.45, 2.75) is 12.5 Å². The molecule has 0 spiro atoms. The monoisotopic (exact) mass is 222 g/mol. The Labute approximate surface area is 91.8 Å². The Kier molecular flexibility index (Phi) is 3.14. The van der Waals surface area contributed by atoms with E-state index in [0.717, 1.165) is 5.56 Å². The van der Waals surface area contributed by atoms with E-state index in [-0.39, 0.29) is 5.82 Å². The number of thiophene rings is 1. The van der Waals surface area contributed by atoms with E-state index in [2.05, 4.69) is 0 Å². The molecule has 1 nitrogen and oxygen atoms in total. The van der Waals surface area contributed by atoms with Crippen LogP contribution in [0.1, 0.15) is 17.2 Å². The summed E-state index contributed by atoms with van der Waals surface area (Å²) in [5.41, 5.74) is 1.40. The highest BCUT2D eigenvalue weighted by molar-refractivity contribution is 7.07. The third-order valence-corrected chi connectivity index (χ3v) is 3.00. The fourth-order valence-electron chi connectivity index (χ4n) is 1.45. The molecule has 0 fully saturated rings. The third-order valence-electron chi connectivity index (χ3n) is 2.30. The molecule has 1 heterocycles. The van der Waals surface area contributed by atoms with Crippen LogP contribution in [-0.4, -0.2) is 5.11 Å². The van der Waals surface area contributed by atoms with Gasteiger partial charge in [0.15, 0.2) is 0 Å². The smallest absolute Gasteiger partial charge is 0.126 e. The van der Waals surface area contributed by atoms with Gasteiger partial charge in [0.05, 0.1) is 6.10 Å². The quantitative estimate of drug-likeness (QED) is 0.845. The van der Waals surface area contributed by atoms with E-state index in [1.54, 1.807) is 18.2 Å². The van der Waals surface area contributed by atoms with Crippen molar-refractivity contribution in [3.63, 3.8) is 0 Å². The highest BCUT2D eigenvalue weighted by Crippen LogP contribution is 2.21. The van der Waals surface area contributed by atoms with Crippen LogP contribution in [0.3, 0.4) is 0 Å². The topological polar surface area (TPSA) is 20.2 Å². The molecule has 0 aliphatic rings. The lowest BCUT2D eigenvalue weighted by Crippen LogP contribution is -2.02. The Balaban J connectivity index is 2.13. The van der Waals surface area contributed by atoms with Crippen molar-refractivity contribution in [3.05, 3.63) is 58.0 Å². The fourth-order valence-corrected chi connectivity index (χ4v) is 2.16. The second-order valence-corrected chi connectivity index (χ2v) is 4.15. The highest BCUT2D eigenvalue weighted by atomic mass is 32.1. The van der Waals surface area contributed by atoms with Crippen LogP contribution in [0.2, 0.25) is 0 Å². The SMILES string of the molecule is OC(Cc1ccccc1F)c1ccsc1. The predicted molar refractivity (Wildman–Crippen MR) is 59.4 cm³/mol.